The van der Waals surface area contributed by atoms with Crippen LogP contribution in [0.15, 0.2) is 35.4 Å². The van der Waals surface area contributed by atoms with Gasteiger partial charge in [0.05, 0.1) is 34.3 Å². The van der Waals surface area contributed by atoms with E-state index >= 15 is 0 Å². The summed E-state index contributed by atoms with van der Waals surface area (Å²) in [7, 11) is 3.82. The van der Waals surface area contributed by atoms with Gasteiger partial charge >= 0.3 is 5.69 Å². The van der Waals surface area contributed by atoms with Crippen LogP contribution in [0.3, 0.4) is 0 Å². The van der Waals surface area contributed by atoms with Crippen LogP contribution >= 0.6 is 0 Å². The lowest BCUT2D eigenvalue weighted by Crippen LogP contribution is -2.24. The lowest BCUT2D eigenvalue weighted by molar-refractivity contribution is 0.510. The molecule has 1 saturated carbocycles. The van der Waals surface area contributed by atoms with Crippen molar-refractivity contribution in [1.29, 1.82) is 0 Å². The largest absolute Gasteiger partial charge is 0.343 e. The average molecular weight is 415 g/mol. The predicted octanol–water partition coefficient (Wildman–Crippen LogP) is 4.45. The van der Waals surface area contributed by atoms with E-state index in [-0.39, 0.29) is 11.7 Å². The zero-order valence-corrected chi connectivity index (χ0v) is 18.1. The standard InChI is InChI=1S/C24H26N6O/c1-4-17-20(14-9-10-18-15(11-14)12-26-29(18)3)21-22-19(13-25-23(21)27-17)28(2)24(31)30(22)16-7-5-6-8-16/h9-13,16H,4-8H2,1-3H3,(H,25,27). The number of hydrogen-bond donors (Lipinski definition) is 1. The molecule has 0 spiro atoms. The monoisotopic (exact) mass is 414 g/mol. The number of imidazole rings is 1. The molecule has 0 unspecified atom stereocenters. The fourth-order valence-corrected chi connectivity index (χ4v) is 5.43. The molecule has 0 radical (unpaired) electrons. The molecule has 1 aliphatic rings. The summed E-state index contributed by atoms with van der Waals surface area (Å²) in [6, 6.07) is 6.74. The average Bonchev–Trinajstić information content (AvgIpc) is 3.55. The first-order chi connectivity index (χ1) is 15.1. The molecule has 0 saturated heterocycles. The van der Waals surface area contributed by atoms with Gasteiger partial charge in [-0.15, -0.1) is 0 Å². The highest BCUT2D eigenvalue weighted by atomic mass is 16.1. The van der Waals surface area contributed by atoms with Crippen LogP contribution in [0.5, 0.6) is 0 Å². The number of aromatic amines is 1. The molecule has 6 rings (SSSR count). The van der Waals surface area contributed by atoms with Crippen molar-refractivity contribution in [3.63, 3.8) is 0 Å². The minimum atomic E-state index is 0.0594. The van der Waals surface area contributed by atoms with E-state index in [1.54, 1.807) is 4.57 Å². The third-order valence-electron chi connectivity index (χ3n) is 7.03. The lowest BCUT2D eigenvalue weighted by atomic mass is 9.99. The Bertz CT molecular complexity index is 1520. The molecule has 31 heavy (non-hydrogen) atoms. The Kier molecular flexibility index (Phi) is 3.91. The van der Waals surface area contributed by atoms with E-state index in [9.17, 15) is 4.79 Å². The van der Waals surface area contributed by atoms with Gasteiger partial charge in [-0.1, -0.05) is 25.8 Å². The number of H-pyrrole nitrogens is 1. The molecule has 5 aromatic rings. The second-order valence-corrected chi connectivity index (χ2v) is 8.74. The maximum absolute atomic E-state index is 13.3. The SMILES string of the molecule is CCc1[nH]c2ncc3c(c2c1-c1ccc2c(cnn2C)c1)n(C1CCCC1)c(=O)n3C. The maximum atomic E-state index is 13.3. The topological polar surface area (TPSA) is 73.4 Å². The smallest absolute Gasteiger partial charge is 0.329 e. The highest BCUT2D eigenvalue weighted by Gasteiger charge is 2.27. The second-order valence-electron chi connectivity index (χ2n) is 8.74. The van der Waals surface area contributed by atoms with Crippen LogP contribution in [-0.4, -0.2) is 28.9 Å². The summed E-state index contributed by atoms with van der Waals surface area (Å²) in [5.41, 5.74) is 7.36. The quantitative estimate of drug-likeness (QED) is 0.474. The van der Waals surface area contributed by atoms with Crippen LogP contribution in [0.2, 0.25) is 0 Å². The zero-order chi connectivity index (χ0) is 21.3. The Morgan fingerprint density at radius 2 is 1.94 bits per heavy atom. The molecule has 0 atom stereocenters. The highest BCUT2D eigenvalue weighted by molar-refractivity contribution is 6.11. The van der Waals surface area contributed by atoms with Crippen LogP contribution < -0.4 is 5.69 Å². The summed E-state index contributed by atoms with van der Waals surface area (Å²) < 4.78 is 5.70. The third kappa shape index (κ3) is 2.49. The van der Waals surface area contributed by atoms with Crippen molar-refractivity contribution in [2.45, 2.75) is 45.1 Å². The van der Waals surface area contributed by atoms with Gasteiger partial charge in [-0.25, -0.2) is 9.78 Å². The number of pyridine rings is 1. The Hall–Kier alpha value is -3.35. The van der Waals surface area contributed by atoms with Crippen molar-refractivity contribution in [3.05, 3.63) is 46.8 Å². The van der Waals surface area contributed by atoms with E-state index in [2.05, 4.69) is 35.2 Å². The Morgan fingerprint density at radius 1 is 1.13 bits per heavy atom. The molecule has 1 fully saturated rings. The van der Waals surface area contributed by atoms with E-state index in [4.69, 9.17) is 4.98 Å². The number of nitrogens with zero attached hydrogens (tertiary/aromatic N) is 5. The van der Waals surface area contributed by atoms with Gasteiger partial charge in [0, 0.05) is 36.8 Å². The van der Waals surface area contributed by atoms with Gasteiger partial charge in [0.2, 0.25) is 0 Å². The molecule has 1 aliphatic carbocycles. The summed E-state index contributed by atoms with van der Waals surface area (Å²) in [6.07, 6.45) is 9.09. The van der Waals surface area contributed by atoms with Gasteiger partial charge in [0.1, 0.15) is 5.65 Å². The summed E-state index contributed by atoms with van der Waals surface area (Å²) >= 11 is 0. The molecular formula is C24H26N6O. The molecule has 7 nitrogen and oxygen atoms in total. The Labute approximate surface area is 179 Å². The highest BCUT2D eigenvalue weighted by Crippen LogP contribution is 2.39. The van der Waals surface area contributed by atoms with Crippen LogP contribution in [0.4, 0.5) is 0 Å². The zero-order valence-electron chi connectivity index (χ0n) is 18.1. The van der Waals surface area contributed by atoms with Crippen molar-refractivity contribution in [2.75, 3.05) is 0 Å². The number of rotatable bonds is 3. The molecule has 7 heteroatoms. The first-order valence-corrected chi connectivity index (χ1v) is 11.1. The number of benzene rings is 1. The molecule has 1 N–H and O–H groups in total. The summed E-state index contributed by atoms with van der Waals surface area (Å²) in [4.78, 5) is 21.6. The first kappa shape index (κ1) is 18.4. The van der Waals surface area contributed by atoms with Crippen molar-refractivity contribution >= 4 is 33.0 Å². The van der Waals surface area contributed by atoms with E-state index < -0.39 is 0 Å². The fourth-order valence-electron chi connectivity index (χ4n) is 5.43. The number of hydrogen-bond acceptors (Lipinski definition) is 3. The molecular weight excluding hydrogens is 388 g/mol. The molecule has 0 bridgehead atoms. The number of nitrogens with one attached hydrogen (secondary N) is 1. The van der Waals surface area contributed by atoms with E-state index in [0.717, 1.165) is 69.1 Å². The molecule has 0 amide bonds. The van der Waals surface area contributed by atoms with Crippen LogP contribution in [0.25, 0.3) is 44.1 Å². The van der Waals surface area contributed by atoms with Gasteiger partial charge in [-0.3, -0.25) is 13.8 Å². The van der Waals surface area contributed by atoms with Gasteiger partial charge in [0.15, 0.2) is 0 Å². The maximum Gasteiger partial charge on any atom is 0.329 e. The molecule has 1 aromatic carbocycles. The minimum Gasteiger partial charge on any atom is -0.343 e. The fraction of sp³-hybridized carbons (Fsp3) is 0.375. The summed E-state index contributed by atoms with van der Waals surface area (Å²) in [5, 5.41) is 6.57. The molecule has 4 heterocycles. The van der Waals surface area contributed by atoms with E-state index in [1.165, 1.54) is 12.8 Å². The first-order valence-electron chi connectivity index (χ1n) is 11.1. The van der Waals surface area contributed by atoms with Gasteiger partial charge in [-0.05, 0) is 37.0 Å². The van der Waals surface area contributed by atoms with Crippen LogP contribution in [0.1, 0.15) is 44.3 Å². The minimum absolute atomic E-state index is 0.0594. The van der Waals surface area contributed by atoms with Crippen LogP contribution in [-0.2, 0) is 20.5 Å². The van der Waals surface area contributed by atoms with Gasteiger partial charge in [-0.2, -0.15) is 5.10 Å². The molecule has 0 aliphatic heterocycles. The lowest BCUT2D eigenvalue weighted by Gasteiger charge is -2.13. The molecule has 4 aromatic heterocycles. The molecule has 158 valence electrons. The van der Waals surface area contributed by atoms with Gasteiger partial charge < -0.3 is 4.98 Å². The summed E-state index contributed by atoms with van der Waals surface area (Å²) in [5.74, 6) is 0. The van der Waals surface area contributed by atoms with Crippen molar-refractivity contribution < 1.29 is 0 Å². The van der Waals surface area contributed by atoms with E-state index in [0.29, 0.717) is 0 Å². The van der Waals surface area contributed by atoms with E-state index in [1.807, 2.05) is 35.7 Å². The second kappa shape index (κ2) is 6.57. The van der Waals surface area contributed by atoms with Crippen molar-refractivity contribution in [2.24, 2.45) is 14.1 Å². The normalized spacial score (nSPS) is 15.2. The predicted molar refractivity (Wildman–Crippen MR) is 123 cm³/mol. The third-order valence-corrected chi connectivity index (χ3v) is 7.03. The van der Waals surface area contributed by atoms with Crippen LogP contribution in [0, 0.1) is 0 Å². The number of fused-ring (bicyclic) bond motifs is 4. The summed E-state index contributed by atoms with van der Waals surface area (Å²) in [6.45, 7) is 2.16. The Balaban J connectivity index is 1.75. The van der Waals surface area contributed by atoms with Gasteiger partial charge in [0.25, 0.3) is 0 Å². The number of aromatic nitrogens is 6. The van der Waals surface area contributed by atoms with Crippen molar-refractivity contribution in [1.82, 2.24) is 28.9 Å². The Morgan fingerprint density at radius 3 is 2.71 bits per heavy atom. The van der Waals surface area contributed by atoms with Crippen molar-refractivity contribution in [3.8, 4) is 11.1 Å². The number of aryl methyl sites for hydroxylation is 3.